The number of benzene rings is 3. The van der Waals surface area contributed by atoms with Crippen LogP contribution in [0.3, 0.4) is 0 Å². The first-order valence-electron chi connectivity index (χ1n) is 9.06. The summed E-state index contributed by atoms with van der Waals surface area (Å²) in [5.41, 5.74) is 1.20. The monoisotopic (exact) mass is 374 g/mol. The number of hydrogen-bond acceptors (Lipinski definition) is 2. The molecule has 1 fully saturated rings. The van der Waals surface area contributed by atoms with Gasteiger partial charge in [0.15, 0.2) is 5.54 Å². The minimum atomic E-state index is -1.17. The van der Waals surface area contributed by atoms with Gasteiger partial charge in [-0.25, -0.2) is 9.18 Å². The number of nitrogens with zero attached hydrogens (tertiary/aromatic N) is 1. The van der Waals surface area contributed by atoms with Gasteiger partial charge in [0.1, 0.15) is 5.82 Å². The number of nitrogens with one attached hydrogen (secondary N) is 1. The van der Waals surface area contributed by atoms with Crippen molar-refractivity contribution < 1.29 is 14.0 Å². The molecule has 0 saturated carbocycles. The van der Waals surface area contributed by atoms with Crippen LogP contribution in [0.1, 0.15) is 16.7 Å². The molecule has 0 aliphatic carbocycles. The lowest BCUT2D eigenvalue weighted by molar-refractivity contribution is -0.132. The van der Waals surface area contributed by atoms with E-state index in [2.05, 4.69) is 5.32 Å². The number of imide groups is 1. The Morgan fingerprint density at radius 2 is 1.39 bits per heavy atom. The molecule has 0 spiro atoms. The molecule has 4 rings (SSSR count). The van der Waals surface area contributed by atoms with Crippen molar-refractivity contribution in [1.82, 2.24) is 10.2 Å². The lowest BCUT2D eigenvalue weighted by atomic mass is 9.83. The number of halogens is 1. The van der Waals surface area contributed by atoms with Gasteiger partial charge in [0, 0.05) is 6.42 Å². The predicted molar refractivity (Wildman–Crippen MR) is 104 cm³/mol. The topological polar surface area (TPSA) is 49.4 Å². The molecule has 1 aliphatic heterocycles. The molecule has 3 aromatic carbocycles. The standard InChI is InChI=1S/C23H19FN2O2/c24-20-13-11-18(12-14-20)16-26-21(27)23(25-22(26)28,19-9-5-2-6-10-19)15-17-7-3-1-4-8-17/h1-14H,15-16H2,(H,25,28). The van der Waals surface area contributed by atoms with Crippen LogP contribution in [0.2, 0.25) is 0 Å². The van der Waals surface area contributed by atoms with Gasteiger partial charge in [-0.3, -0.25) is 9.69 Å². The van der Waals surface area contributed by atoms with Crippen molar-refractivity contribution in [2.45, 2.75) is 18.5 Å². The first kappa shape index (κ1) is 17.9. The van der Waals surface area contributed by atoms with Gasteiger partial charge >= 0.3 is 6.03 Å². The van der Waals surface area contributed by atoms with Crippen molar-refractivity contribution >= 4 is 11.9 Å². The van der Waals surface area contributed by atoms with E-state index in [0.29, 0.717) is 12.0 Å². The second-order valence-corrected chi connectivity index (χ2v) is 6.88. The van der Waals surface area contributed by atoms with E-state index in [1.165, 1.54) is 17.0 Å². The molecular weight excluding hydrogens is 355 g/mol. The molecule has 28 heavy (non-hydrogen) atoms. The highest BCUT2D eigenvalue weighted by Crippen LogP contribution is 2.33. The Kier molecular flexibility index (Phi) is 4.65. The van der Waals surface area contributed by atoms with Crippen LogP contribution < -0.4 is 5.32 Å². The number of carbonyl (C=O) groups is 2. The van der Waals surface area contributed by atoms with Crippen molar-refractivity contribution in [2.75, 3.05) is 0 Å². The van der Waals surface area contributed by atoms with E-state index < -0.39 is 11.6 Å². The quantitative estimate of drug-likeness (QED) is 0.686. The highest BCUT2D eigenvalue weighted by Gasteiger charge is 2.52. The SMILES string of the molecule is O=C1NC(Cc2ccccc2)(c2ccccc2)C(=O)N1Cc1ccc(F)cc1. The fourth-order valence-corrected chi connectivity index (χ4v) is 3.58. The Balaban J connectivity index is 1.71. The van der Waals surface area contributed by atoms with Crippen LogP contribution in [-0.4, -0.2) is 16.8 Å². The average Bonchev–Trinajstić information content (AvgIpc) is 2.96. The lowest BCUT2D eigenvalue weighted by Gasteiger charge is -2.27. The molecule has 1 aliphatic rings. The maximum atomic E-state index is 13.5. The second kappa shape index (κ2) is 7.27. The van der Waals surface area contributed by atoms with E-state index in [9.17, 15) is 14.0 Å². The van der Waals surface area contributed by atoms with Crippen molar-refractivity contribution in [1.29, 1.82) is 0 Å². The molecule has 5 heteroatoms. The summed E-state index contributed by atoms with van der Waals surface area (Å²) in [5, 5.41) is 2.93. The smallest absolute Gasteiger partial charge is 0.319 e. The molecule has 1 N–H and O–H groups in total. The number of amides is 3. The van der Waals surface area contributed by atoms with Gasteiger partial charge in [-0.15, -0.1) is 0 Å². The molecule has 0 bridgehead atoms. The Morgan fingerprint density at radius 3 is 2.04 bits per heavy atom. The third-order valence-corrected chi connectivity index (χ3v) is 5.01. The summed E-state index contributed by atoms with van der Waals surface area (Å²) in [4.78, 5) is 27.4. The zero-order chi connectivity index (χ0) is 19.6. The third-order valence-electron chi connectivity index (χ3n) is 5.01. The molecule has 4 nitrogen and oxygen atoms in total. The first-order chi connectivity index (χ1) is 13.6. The minimum Gasteiger partial charge on any atom is -0.319 e. The van der Waals surface area contributed by atoms with Crippen LogP contribution in [0.25, 0.3) is 0 Å². The molecule has 3 amide bonds. The minimum absolute atomic E-state index is 0.0916. The van der Waals surface area contributed by atoms with Crippen LogP contribution in [0.4, 0.5) is 9.18 Å². The van der Waals surface area contributed by atoms with E-state index in [1.54, 1.807) is 12.1 Å². The number of urea groups is 1. The van der Waals surface area contributed by atoms with Crippen molar-refractivity contribution in [2.24, 2.45) is 0 Å². The summed E-state index contributed by atoms with van der Waals surface area (Å²) in [6.45, 7) is 0.0916. The molecular formula is C23H19FN2O2. The maximum Gasteiger partial charge on any atom is 0.325 e. The fraction of sp³-hybridized carbons (Fsp3) is 0.130. The molecule has 140 valence electrons. The molecule has 1 atom stereocenters. The van der Waals surface area contributed by atoms with Crippen LogP contribution in [0, 0.1) is 5.82 Å². The molecule has 0 radical (unpaired) electrons. The van der Waals surface area contributed by atoms with E-state index in [1.807, 2.05) is 60.7 Å². The van der Waals surface area contributed by atoms with Crippen LogP contribution >= 0.6 is 0 Å². The number of hydrogen-bond donors (Lipinski definition) is 1. The molecule has 1 heterocycles. The van der Waals surface area contributed by atoms with Crippen LogP contribution in [0.5, 0.6) is 0 Å². The highest BCUT2D eigenvalue weighted by atomic mass is 19.1. The zero-order valence-electron chi connectivity index (χ0n) is 15.1. The van der Waals surface area contributed by atoms with Gasteiger partial charge in [0.2, 0.25) is 0 Å². The Hall–Kier alpha value is -3.47. The van der Waals surface area contributed by atoms with Gasteiger partial charge in [0.05, 0.1) is 6.54 Å². The van der Waals surface area contributed by atoms with E-state index in [-0.39, 0.29) is 18.3 Å². The van der Waals surface area contributed by atoms with Gasteiger partial charge in [-0.2, -0.15) is 0 Å². The van der Waals surface area contributed by atoms with E-state index >= 15 is 0 Å². The first-order valence-corrected chi connectivity index (χ1v) is 9.06. The predicted octanol–water partition coefficient (Wildman–Crippen LogP) is 4.02. The van der Waals surface area contributed by atoms with E-state index in [4.69, 9.17) is 0 Å². The van der Waals surface area contributed by atoms with Crippen molar-refractivity contribution in [3.63, 3.8) is 0 Å². The summed E-state index contributed by atoms with van der Waals surface area (Å²) in [7, 11) is 0. The summed E-state index contributed by atoms with van der Waals surface area (Å²) in [5.74, 6) is -0.666. The molecule has 1 saturated heterocycles. The maximum absolute atomic E-state index is 13.5. The van der Waals surface area contributed by atoms with Crippen molar-refractivity contribution in [3.8, 4) is 0 Å². The zero-order valence-corrected chi connectivity index (χ0v) is 15.1. The summed E-state index contributed by atoms with van der Waals surface area (Å²) >= 11 is 0. The van der Waals surface area contributed by atoms with Gasteiger partial charge < -0.3 is 5.32 Å². The van der Waals surface area contributed by atoms with Crippen LogP contribution in [0.15, 0.2) is 84.9 Å². The molecule has 3 aromatic rings. The summed E-state index contributed by atoms with van der Waals surface area (Å²) < 4.78 is 13.2. The number of rotatable bonds is 5. The fourth-order valence-electron chi connectivity index (χ4n) is 3.58. The van der Waals surface area contributed by atoms with Gasteiger partial charge in [-0.05, 0) is 28.8 Å². The second-order valence-electron chi connectivity index (χ2n) is 6.88. The van der Waals surface area contributed by atoms with Gasteiger partial charge in [0.25, 0.3) is 5.91 Å². The molecule has 0 aromatic heterocycles. The van der Waals surface area contributed by atoms with Crippen LogP contribution in [-0.2, 0) is 23.3 Å². The Bertz CT molecular complexity index is 990. The highest BCUT2D eigenvalue weighted by molar-refractivity contribution is 6.07. The summed E-state index contributed by atoms with van der Waals surface area (Å²) in [6, 6.07) is 24.2. The number of carbonyl (C=O) groups excluding carboxylic acids is 2. The third kappa shape index (κ3) is 3.27. The van der Waals surface area contributed by atoms with E-state index in [0.717, 1.165) is 11.1 Å². The normalized spacial score (nSPS) is 19.0. The largest absolute Gasteiger partial charge is 0.325 e. The molecule has 1 unspecified atom stereocenters. The Labute approximate surface area is 162 Å². The van der Waals surface area contributed by atoms with Gasteiger partial charge in [-0.1, -0.05) is 72.8 Å². The van der Waals surface area contributed by atoms with Crippen molar-refractivity contribution in [3.05, 3.63) is 107 Å². The Morgan fingerprint density at radius 1 is 0.786 bits per heavy atom. The average molecular weight is 374 g/mol. The lowest BCUT2D eigenvalue weighted by Crippen LogP contribution is -2.46. The summed E-state index contributed by atoms with van der Waals surface area (Å²) in [6.07, 6.45) is 0.350.